The molecule has 1 aromatic carbocycles. The topological polar surface area (TPSA) is 12.5 Å². The molecule has 0 aliphatic carbocycles. The predicted octanol–water partition coefficient (Wildman–Crippen LogP) is 2.12. The maximum Gasteiger partial charge on any atom is 0.0594 e. The monoisotopic (exact) mass is 219 g/mol. The molecule has 88 valence electrons. The summed E-state index contributed by atoms with van der Waals surface area (Å²) in [6, 6.07) is 9.02. The van der Waals surface area contributed by atoms with E-state index in [-0.39, 0.29) is 0 Å². The molecular formula is C14H21NO. The van der Waals surface area contributed by atoms with Crippen molar-refractivity contribution in [3.63, 3.8) is 0 Å². The molecule has 1 aliphatic heterocycles. The van der Waals surface area contributed by atoms with E-state index in [0.717, 1.165) is 45.7 Å². The highest BCUT2D eigenvalue weighted by Gasteiger charge is 2.09. The number of nitrogens with zero attached hydrogens (tertiary/aromatic N) is 1. The van der Waals surface area contributed by atoms with Gasteiger partial charge in [-0.1, -0.05) is 31.2 Å². The number of ether oxygens (including phenoxy) is 1. The highest BCUT2D eigenvalue weighted by molar-refractivity contribution is 5.22. The van der Waals surface area contributed by atoms with Crippen LogP contribution in [0, 0.1) is 0 Å². The van der Waals surface area contributed by atoms with Crippen LogP contribution in [0.1, 0.15) is 18.1 Å². The molecule has 1 saturated heterocycles. The van der Waals surface area contributed by atoms with Gasteiger partial charge in [0, 0.05) is 19.6 Å². The molecule has 0 bridgehead atoms. The fraction of sp³-hybridized carbons (Fsp3) is 0.571. The van der Waals surface area contributed by atoms with Crippen molar-refractivity contribution in [2.24, 2.45) is 0 Å². The molecule has 1 fully saturated rings. The molecule has 0 atom stereocenters. The summed E-state index contributed by atoms with van der Waals surface area (Å²) in [6.45, 7) is 7.33. The van der Waals surface area contributed by atoms with Gasteiger partial charge in [-0.3, -0.25) is 4.90 Å². The Hall–Kier alpha value is -0.860. The van der Waals surface area contributed by atoms with Crippen molar-refractivity contribution < 1.29 is 4.74 Å². The van der Waals surface area contributed by atoms with Gasteiger partial charge in [-0.05, 0) is 24.0 Å². The summed E-state index contributed by atoms with van der Waals surface area (Å²) in [5, 5.41) is 0. The lowest BCUT2D eigenvalue weighted by atomic mass is 10.1. The lowest BCUT2D eigenvalue weighted by molar-refractivity contribution is 0.0384. The number of aryl methyl sites for hydroxylation is 1. The first kappa shape index (κ1) is 11.6. The minimum Gasteiger partial charge on any atom is -0.379 e. The minimum absolute atomic E-state index is 0.898. The highest BCUT2D eigenvalue weighted by atomic mass is 16.5. The molecule has 0 saturated carbocycles. The zero-order valence-corrected chi connectivity index (χ0v) is 10.1. The average molecular weight is 219 g/mol. The molecule has 0 amide bonds. The minimum atomic E-state index is 0.898. The van der Waals surface area contributed by atoms with Gasteiger partial charge >= 0.3 is 0 Å². The van der Waals surface area contributed by atoms with Gasteiger partial charge in [-0.2, -0.15) is 0 Å². The van der Waals surface area contributed by atoms with Crippen LogP contribution in [0.15, 0.2) is 24.3 Å². The van der Waals surface area contributed by atoms with Gasteiger partial charge in [0.15, 0.2) is 0 Å². The molecule has 1 aliphatic rings. The van der Waals surface area contributed by atoms with Crippen LogP contribution in [-0.4, -0.2) is 37.7 Å². The lowest BCUT2D eigenvalue weighted by Gasteiger charge is -2.26. The van der Waals surface area contributed by atoms with Gasteiger partial charge in [-0.15, -0.1) is 0 Å². The Kier molecular flexibility index (Phi) is 4.37. The van der Waals surface area contributed by atoms with Crippen LogP contribution in [0.25, 0.3) is 0 Å². The zero-order chi connectivity index (χ0) is 11.2. The number of benzene rings is 1. The van der Waals surface area contributed by atoms with Crippen LogP contribution in [-0.2, 0) is 17.6 Å². The Balaban J connectivity index is 1.79. The molecule has 0 spiro atoms. The van der Waals surface area contributed by atoms with Gasteiger partial charge in [0.05, 0.1) is 13.2 Å². The van der Waals surface area contributed by atoms with Gasteiger partial charge in [0.2, 0.25) is 0 Å². The standard InChI is InChI=1S/C14H21NO/c1-2-13-3-5-14(6-4-13)7-8-15-9-11-16-12-10-15/h3-6H,2,7-12H2,1H3. The number of morpholine rings is 1. The third-order valence-corrected chi connectivity index (χ3v) is 3.25. The molecule has 0 radical (unpaired) electrons. The van der Waals surface area contributed by atoms with Crippen LogP contribution < -0.4 is 0 Å². The fourth-order valence-corrected chi connectivity index (χ4v) is 2.05. The van der Waals surface area contributed by atoms with Gasteiger partial charge in [0.1, 0.15) is 0 Å². The largest absolute Gasteiger partial charge is 0.379 e. The van der Waals surface area contributed by atoms with Crippen molar-refractivity contribution in [2.45, 2.75) is 19.8 Å². The Morgan fingerprint density at radius 3 is 2.31 bits per heavy atom. The van der Waals surface area contributed by atoms with E-state index in [2.05, 4.69) is 36.1 Å². The van der Waals surface area contributed by atoms with Crippen LogP contribution in [0.3, 0.4) is 0 Å². The summed E-state index contributed by atoms with van der Waals surface area (Å²) in [7, 11) is 0. The number of rotatable bonds is 4. The lowest BCUT2D eigenvalue weighted by Crippen LogP contribution is -2.37. The van der Waals surface area contributed by atoms with Crippen molar-refractivity contribution in [3.8, 4) is 0 Å². The Morgan fingerprint density at radius 1 is 1.06 bits per heavy atom. The van der Waals surface area contributed by atoms with E-state index in [1.54, 1.807) is 0 Å². The first-order valence-corrected chi connectivity index (χ1v) is 6.26. The summed E-state index contributed by atoms with van der Waals surface area (Å²) < 4.78 is 5.34. The number of hydrogen-bond acceptors (Lipinski definition) is 2. The third kappa shape index (κ3) is 3.32. The quantitative estimate of drug-likeness (QED) is 0.769. The molecule has 0 aromatic heterocycles. The first-order chi connectivity index (χ1) is 7.88. The van der Waals surface area contributed by atoms with E-state index in [9.17, 15) is 0 Å². The second kappa shape index (κ2) is 6.02. The molecule has 1 heterocycles. The summed E-state index contributed by atoms with van der Waals surface area (Å²) in [6.07, 6.45) is 2.29. The summed E-state index contributed by atoms with van der Waals surface area (Å²) in [5.74, 6) is 0. The van der Waals surface area contributed by atoms with E-state index < -0.39 is 0 Å². The smallest absolute Gasteiger partial charge is 0.0594 e. The van der Waals surface area contributed by atoms with E-state index in [4.69, 9.17) is 4.74 Å². The van der Waals surface area contributed by atoms with Crippen LogP contribution in [0.5, 0.6) is 0 Å². The predicted molar refractivity (Wildman–Crippen MR) is 66.8 cm³/mol. The van der Waals surface area contributed by atoms with Gasteiger partial charge in [0.25, 0.3) is 0 Å². The van der Waals surface area contributed by atoms with Crippen LogP contribution >= 0.6 is 0 Å². The molecule has 2 nitrogen and oxygen atoms in total. The second-order valence-corrected chi connectivity index (χ2v) is 4.37. The second-order valence-electron chi connectivity index (χ2n) is 4.37. The van der Waals surface area contributed by atoms with Crippen molar-refractivity contribution in [1.29, 1.82) is 0 Å². The van der Waals surface area contributed by atoms with Crippen LogP contribution in [0.2, 0.25) is 0 Å². The van der Waals surface area contributed by atoms with Crippen molar-refractivity contribution >= 4 is 0 Å². The zero-order valence-electron chi connectivity index (χ0n) is 10.1. The van der Waals surface area contributed by atoms with Crippen molar-refractivity contribution in [3.05, 3.63) is 35.4 Å². The van der Waals surface area contributed by atoms with E-state index >= 15 is 0 Å². The molecule has 2 rings (SSSR count). The van der Waals surface area contributed by atoms with E-state index in [1.165, 1.54) is 11.1 Å². The number of hydrogen-bond donors (Lipinski definition) is 0. The van der Waals surface area contributed by atoms with Gasteiger partial charge < -0.3 is 4.74 Å². The molecule has 2 heteroatoms. The first-order valence-electron chi connectivity index (χ1n) is 6.26. The summed E-state index contributed by atoms with van der Waals surface area (Å²) in [4.78, 5) is 2.48. The summed E-state index contributed by atoms with van der Waals surface area (Å²) >= 11 is 0. The molecular weight excluding hydrogens is 198 g/mol. The average Bonchev–Trinajstić information content (AvgIpc) is 2.38. The van der Waals surface area contributed by atoms with Gasteiger partial charge in [-0.25, -0.2) is 0 Å². The fourth-order valence-electron chi connectivity index (χ4n) is 2.05. The normalized spacial score (nSPS) is 17.6. The van der Waals surface area contributed by atoms with Crippen molar-refractivity contribution in [1.82, 2.24) is 4.90 Å². The third-order valence-electron chi connectivity index (χ3n) is 3.25. The molecule has 16 heavy (non-hydrogen) atoms. The van der Waals surface area contributed by atoms with E-state index in [1.807, 2.05) is 0 Å². The Bertz CT molecular complexity index is 301. The Morgan fingerprint density at radius 2 is 1.69 bits per heavy atom. The maximum atomic E-state index is 5.34. The summed E-state index contributed by atoms with van der Waals surface area (Å²) in [5.41, 5.74) is 2.87. The molecule has 1 aromatic rings. The molecule has 0 N–H and O–H groups in total. The Labute approximate surface area is 98.2 Å². The van der Waals surface area contributed by atoms with Crippen molar-refractivity contribution in [2.75, 3.05) is 32.8 Å². The van der Waals surface area contributed by atoms with Crippen LogP contribution in [0.4, 0.5) is 0 Å². The highest BCUT2D eigenvalue weighted by Crippen LogP contribution is 2.07. The molecule has 0 unspecified atom stereocenters. The maximum absolute atomic E-state index is 5.34. The SMILES string of the molecule is CCc1ccc(CCN2CCOCC2)cc1. The van der Waals surface area contributed by atoms with E-state index in [0.29, 0.717) is 0 Å².